The van der Waals surface area contributed by atoms with Crippen LogP contribution >= 0.6 is 11.3 Å². The van der Waals surface area contributed by atoms with Crippen molar-refractivity contribution >= 4 is 17.1 Å². The quantitative estimate of drug-likeness (QED) is 0.677. The minimum Gasteiger partial charge on any atom is -0.492 e. The van der Waals surface area contributed by atoms with Gasteiger partial charge in [-0.1, -0.05) is 0 Å². The molecular formula is C7H10N2O2S. The number of hydrogen-bond acceptors (Lipinski definition) is 5. The SMILES string of the molecule is CNCC(=O)c1sc(C)nc1O. The zero-order valence-corrected chi connectivity index (χ0v) is 7.73. The molecule has 1 aromatic heterocycles. The molecule has 1 aromatic rings. The van der Waals surface area contributed by atoms with Crippen LogP contribution in [0.25, 0.3) is 0 Å². The Bertz CT molecular complexity index is 296. The summed E-state index contributed by atoms with van der Waals surface area (Å²) in [5, 5.41) is 12.6. The number of aryl methyl sites for hydroxylation is 1. The van der Waals surface area contributed by atoms with Crippen LogP contribution in [0, 0.1) is 6.92 Å². The number of hydrogen-bond donors (Lipinski definition) is 2. The third kappa shape index (κ3) is 1.80. The summed E-state index contributed by atoms with van der Waals surface area (Å²) >= 11 is 1.21. The first-order valence-electron chi connectivity index (χ1n) is 3.49. The summed E-state index contributed by atoms with van der Waals surface area (Å²) in [5.41, 5.74) is 0. The summed E-state index contributed by atoms with van der Waals surface area (Å²) in [6.45, 7) is 1.98. The first-order chi connectivity index (χ1) is 5.65. The van der Waals surface area contributed by atoms with Crippen molar-refractivity contribution in [1.29, 1.82) is 0 Å². The van der Waals surface area contributed by atoms with Gasteiger partial charge in [0.15, 0.2) is 5.78 Å². The van der Waals surface area contributed by atoms with Crippen LogP contribution in [0.2, 0.25) is 0 Å². The van der Waals surface area contributed by atoms with E-state index in [2.05, 4.69) is 10.3 Å². The van der Waals surface area contributed by atoms with Crippen LogP contribution in [0.1, 0.15) is 14.7 Å². The van der Waals surface area contributed by atoms with Gasteiger partial charge >= 0.3 is 0 Å². The molecule has 66 valence electrons. The van der Waals surface area contributed by atoms with Crippen molar-refractivity contribution in [1.82, 2.24) is 10.3 Å². The molecule has 0 bridgehead atoms. The maximum absolute atomic E-state index is 11.2. The Balaban J connectivity index is 2.87. The Hall–Kier alpha value is -0.940. The van der Waals surface area contributed by atoms with Gasteiger partial charge in [0.05, 0.1) is 11.6 Å². The molecule has 0 aliphatic heterocycles. The fourth-order valence-electron chi connectivity index (χ4n) is 0.839. The van der Waals surface area contributed by atoms with E-state index in [1.165, 1.54) is 11.3 Å². The van der Waals surface area contributed by atoms with Crippen molar-refractivity contribution in [3.8, 4) is 5.88 Å². The lowest BCUT2D eigenvalue weighted by Crippen LogP contribution is -2.17. The van der Waals surface area contributed by atoms with Gasteiger partial charge in [-0.2, -0.15) is 0 Å². The lowest BCUT2D eigenvalue weighted by atomic mass is 10.3. The van der Waals surface area contributed by atoms with Crippen molar-refractivity contribution in [3.05, 3.63) is 9.88 Å². The van der Waals surface area contributed by atoms with E-state index in [0.29, 0.717) is 9.88 Å². The summed E-state index contributed by atoms with van der Waals surface area (Å²) < 4.78 is 0. The van der Waals surface area contributed by atoms with E-state index < -0.39 is 0 Å². The van der Waals surface area contributed by atoms with E-state index in [9.17, 15) is 9.90 Å². The summed E-state index contributed by atoms with van der Waals surface area (Å²) in [6.07, 6.45) is 0. The zero-order valence-electron chi connectivity index (χ0n) is 6.92. The molecule has 0 aromatic carbocycles. The molecule has 0 aliphatic rings. The number of aromatic hydroxyl groups is 1. The topological polar surface area (TPSA) is 62.2 Å². The predicted octanol–water partition coefficient (Wildman–Crippen LogP) is 0.559. The summed E-state index contributed by atoms with van der Waals surface area (Å²) in [6, 6.07) is 0. The van der Waals surface area contributed by atoms with Crippen molar-refractivity contribution in [2.45, 2.75) is 6.92 Å². The lowest BCUT2D eigenvalue weighted by molar-refractivity contribution is 0.0995. The average molecular weight is 186 g/mol. The molecule has 0 radical (unpaired) electrons. The van der Waals surface area contributed by atoms with E-state index in [0.717, 1.165) is 0 Å². The molecule has 1 rings (SSSR count). The molecule has 0 aliphatic carbocycles. The number of Topliss-reactive ketones (excluding diaryl/α,β-unsaturated/α-hetero) is 1. The van der Waals surface area contributed by atoms with E-state index >= 15 is 0 Å². The third-order valence-corrected chi connectivity index (χ3v) is 2.31. The molecule has 12 heavy (non-hydrogen) atoms. The fraction of sp³-hybridized carbons (Fsp3) is 0.429. The minimum atomic E-state index is -0.155. The number of likely N-dealkylation sites (N-methyl/N-ethyl adjacent to an activating group) is 1. The standard InChI is InChI=1S/C7H10N2O2S/c1-4-9-7(11)6(12-4)5(10)3-8-2/h8,11H,3H2,1-2H3. The number of nitrogens with zero attached hydrogens (tertiary/aromatic N) is 1. The Morgan fingerprint density at radius 2 is 2.42 bits per heavy atom. The molecule has 1 heterocycles. The van der Waals surface area contributed by atoms with Gasteiger partial charge < -0.3 is 10.4 Å². The number of aromatic nitrogens is 1. The smallest absolute Gasteiger partial charge is 0.233 e. The monoisotopic (exact) mass is 186 g/mol. The van der Waals surface area contributed by atoms with Crippen LogP contribution in [-0.4, -0.2) is 29.5 Å². The molecule has 0 unspecified atom stereocenters. The second-order valence-electron chi connectivity index (χ2n) is 2.34. The van der Waals surface area contributed by atoms with Gasteiger partial charge in [0.25, 0.3) is 0 Å². The molecule has 0 amide bonds. The van der Waals surface area contributed by atoms with Crippen LogP contribution in [0.15, 0.2) is 0 Å². The highest BCUT2D eigenvalue weighted by atomic mass is 32.1. The summed E-state index contributed by atoms with van der Waals surface area (Å²) in [5.74, 6) is -0.279. The van der Waals surface area contributed by atoms with E-state index in [1.54, 1.807) is 14.0 Å². The molecule has 0 saturated carbocycles. The molecule has 0 saturated heterocycles. The number of rotatable bonds is 3. The number of nitrogens with one attached hydrogen (secondary N) is 1. The second-order valence-corrected chi connectivity index (χ2v) is 3.54. The van der Waals surface area contributed by atoms with Crippen LogP contribution in [0.4, 0.5) is 0 Å². The van der Waals surface area contributed by atoms with E-state index in [4.69, 9.17) is 0 Å². The maximum atomic E-state index is 11.2. The van der Waals surface area contributed by atoms with Gasteiger partial charge in [-0.05, 0) is 14.0 Å². The van der Waals surface area contributed by atoms with Crippen molar-refractivity contribution in [3.63, 3.8) is 0 Å². The average Bonchev–Trinajstić information content (AvgIpc) is 2.30. The molecule has 5 heteroatoms. The molecule has 0 spiro atoms. The van der Waals surface area contributed by atoms with Crippen LogP contribution in [0.3, 0.4) is 0 Å². The highest BCUT2D eigenvalue weighted by molar-refractivity contribution is 7.14. The molecule has 0 fully saturated rings. The van der Waals surface area contributed by atoms with Gasteiger partial charge in [-0.3, -0.25) is 4.79 Å². The molecule has 0 atom stereocenters. The van der Waals surface area contributed by atoms with E-state index in [1.807, 2.05) is 0 Å². The van der Waals surface area contributed by atoms with Gasteiger partial charge in [-0.15, -0.1) is 11.3 Å². The fourth-order valence-corrected chi connectivity index (χ4v) is 1.59. The van der Waals surface area contributed by atoms with Crippen molar-refractivity contribution < 1.29 is 9.90 Å². The largest absolute Gasteiger partial charge is 0.492 e. The molecular weight excluding hydrogens is 176 g/mol. The number of carbonyl (C=O) groups excluding carboxylic acids is 1. The number of carbonyl (C=O) groups is 1. The van der Waals surface area contributed by atoms with Gasteiger partial charge in [0, 0.05) is 0 Å². The van der Waals surface area contributed by atoms with Crippen LogP contribution in [0.5, 0.6) is 5.88 Å². The van der Waals surface area contributed by atoms with Crippen LogP contribution < -0.4 is 5.32 Å². The Kier molecular flexibility index (Phi) is 2.78. The van der Waals surface area contributed by atoms with Crippen LogP contribution in [-0.2, 0) is 0 Å². The van der Waals surface area contributed by atoms with Crippen molar-refractivity contribution in [2.24, 2.45) is 0 Å². The predicted molar refractivity (Wildman–Crippen MR) is 46.8 cm³/mol. The van der Waals surface area contributed by atoms with Gasteiger partial charge in [0.1, 0.15) is 4.88 Å². The summed E-state index contributed by atoms with van der Waals surface area (Å²) in [4.78, 5) is 15.3. The zero-order chi connectivity index (χ0) is 9.14. The highest BCUT2D eigenvalue weighted by Crippen LogP contribution is 2.23. The number of ketones is 1. The molecule has 2 N–H and O–H groups in total. The van der Waals surface area contributed by atoms with E-state index in [-0.39, 0.29) is 18.2 Å². The first-order valence-corrected chi connectivity index (χ1v) is 4.31. The Labute approximate surface area is 74.3 Å². The second kappa shape index (κ2) is 3.64. The first kappa shape index (κ1) is 9.15. The third-order valence-electron chi connectivity index (χ3n) is 1.31. The van der Waals surface area contributed by atoms with Gasteiger partial charge in [0.2, 0.25) is 5.88 Å². The highest BCUT2D eigenvalue weighted by Gasteiger charge is 2.14. The Morgan fingerprint density at radius 1 is 1.75 bits per heavy atom. The van der Waals surface area contributed by atoms with Crippen molar-refractivity contribution in [2.75, 3.05) is 13.6 Å². The summed E-state index contributed by atoms with van der Waals surface area (Å²) in [7, 11) is 1.68. The maximum Gasteiger partial charge on any atom is 0.233 e. The number of thiazole rings is 1. The lowest BCUT2D eigenvalue weighted by Gasteiger charge is -1.94. The normalized spacial score (nSPS) is 10.2. The van der Waals surface area contributed by atoms with Gasteiger partial charge in [-0.25, -0.2) is 4.98 Å². The Morgan fingerprint density at radius 3 is 2.83 bits per heavy atom. The molecule has 4 nitrogen and oxygen atoms in total. The minimum absolute atomic E-state index is 0.124.